The van der Waals surface area contributed by atoms with Crippen LogP contribution in [0.5, 0.6) is 0 Å². The zero-order valence-corrected chi connectivity index (χ0v) is 22.9. The number of amides is 1. The molecule has 1 atom stereocenters. The number of anilines is 3. The fourth-order valence-corrected chi connectivity index (χ4v) is 5.72. The van der Waals surface area contributed by atoms with E-state index >= 15 is 4.39 Å². The summed E-state index contributed by atoms with van der Waals surface area (Å²) in [5.41, 5.74) is 2.18. The van der Waals surface area contributed by atoms with E-state index in [1.54, 1.807) is 6.07 Å². The number of carbonyl (C=O) groups excluding carboxylic acids is 1. The Bertz CT molecular complexity index is 1540. The van der Waals surface area contributed by atoms with Gasteiger partial charge >= 0.3 is 0 Å². The molecule has 10 nitrogen and oxygen atoms in total. The summed E-state index contributed by atoms with van der Waals surface area (Å²) in [7, 11) is 0. The minimum Gasteiger partial charge on any atom is -0.391 e. The van der Waals surface area contributed by atoms with Crippen LogP contribution in [0.25, 0.3) is 11.0 Å². The van der Waals surface area contributed by atoms with Crippen LogP contribution in [0.4, 0.5) is 21.8 Å². The third-order valence-corrected chi connectivity index (χ3v) is 8.01. The topological polar surface area (TPSA) is 112 Å². The molecule has 0 radical (unpaired) electrons. The van der Waals surface area contributed by atoms with Gasteiger partial charge in [0.25, 0.3) is 5.91 Å². The van der Waals surface area contributed by atoms with Gasteiger partial charge in [-0.1, -0.05) is 18.5 Å². The molecule has 12 heteroatoms. The lowest BCUT2D eigenvalue weighted by molar-refractivity contribution is 0.0764. The molecular formula is C28H30ClFN8O2. The molecule has 2 fully saturated rings. The maximum atomic E-state index is 15.1. The maximum Gasteiger partial charge on any atom is 0.254 e. The van der Waals surface area contributed by atoms with Gasteiger partial charge in [0.1, 0.15) is 23.6 Å². The van der Waals surface area contributed by atoms with Crippen LogP contribution in [0.2, 0.25) is 5.02 Å². The highest BCUT2D eigenvalue weighted by atomic mass is 35.5. The lowest BCUT2D eigenvalue weighted by atomic mass is 10.1. The number of carbonyl (C=O) groups is 1. The molecule has 0 saturated carbocycles. The number of aryl methyl sites for hydroxylation is 1. The normalized spacial score (nSPS) is 18.1. The van der Waals surface area contributed by atoms with E-state index in [1.807, 2.05) is 18.6 Å². The molecule has 5 heterocycles. The van der Waals surface area contributed by atoms with Gasteiger partial charge < -0.3 is 24.8 Å². The second-order valence-corrected chi connectivity index (χ2v) is 10.7. The number of rotatable bonds is 6. The van der Waals surface area contributed by atoms with Crippen molar-refractivity contribution in [1.82, 2.24) is 29.4 Å². The summed E-state index contributed by atoms with van der Waals surface area (Å²) >= 11 is 6.68. The van der Waals surface area contributed by atoms with Crippen LogP contribution in [-0.4, -0.2) is 72.7 Å². The Hall–Kier alpha value is -3.83. The molecule has 2 aliphatic rings. The number of aliphatic hydroxyl groups excluding tert-OH is 1. The van der Waals surface area contributed by atoms with Crippen LogP contribution in [0.1, 0.15) is 48.1 Å². The second-order valence-electron chi connectivity index (χ2n) is 10.3. The zero-order valence-electron chi connectivity index (χ0n) is 22.1. The van der Waals surface area contributed by atoms with Gasteiger partial charge in [-0.2, -0.15) is 0 Å². The average Bonchev–Trinajstić information content (AvgIpc) is 3.57. The molecule has 0 bridgehead atoms. The highest BCUT2D eigenvalue weighted by molar-refractivity contribution is 6.36. The summed E-state index contributed by atoms with van der Waals surface area (Å²) in [6.07, 6.45) is 9.69. The number of hydrogen-bond donors (Lipinski definition) is 2. The number of likely N-dealkylation sites (tertiary alicyclic amines) is 1. The number of fused-ring (bicyclic) bond motifs is 1. The van der Waals surface area contributed by atoms with Crippen molar-refractivity contribution in [2.75, 3.05) is 36.4 Å². The minimum absolute atomic E-state index is 0.171. The average molecular weight is 565 g/mol. The van der Waals surface area contributed by atoms with Crippen molar-refractivity contribution in [3.05, 3.63) is 65.1 Å². The van der Waals surface area contributed by atoms with E-state index in [9.17, 15) is 9.90 Å². The van der Waals surface area contributed by atoms with E-state index in [4.69, 9.17) is 11.6 Å². The molecule has 0 aliphatic carbocycles. The predicted molar refractivity (Wildman–Crippen MR) is 151 cm³/mol. The van der Waals surface area contributed by atoms with E-state index < -0.39 is 11.9 Å². The number of nitrogens with zero attached hydrogens (tertiary/aromatic N) is 7. The van der Waals surface area contributed by atoms with Crippen molar-refractivity contribution in [3.8, 4) is 0 Å². The van der Waals surface area contributed by atoms with E-state index in [0.717, 1.165) is 43.9 Å². The molecule has 1 amide bonds. The molecular weight excluding hydrogens is 535 g/mol. The molecule has 2 N–H and O–H groups in total. The van der Waals surface area contributed by atoms with Crippen LogP contribution >= 0.6 is 11.6 Å². The Balaban J connectivity index is 1.19. The van der Waals surface area contributed by atoms with Crippen molar-refractivity contribution in [2.45, 2.75) is 44.8 Å². The molecule has 3 aromatic heterocycles. The van der Waals surface area contributed by atoms with Crippen molar-refractivity contribution in [2.24, 2.45) is 0 Å². The largest absolute Gasteiger partial charge is 0.391 e. The van der Waals surface area contributed by atoms with Crippen molar-refractivity contribution in [1.29, 1.82) is 0 Å². The van der Waals surface area contributed by atoms with E-state index in [1.165, 1.54) is 23.4 Å². The Kier molecular flexibility index (Phi) is 7.24. The summed E-state index contributed by atoms with van der Waals surface area (Å²) in [6, 6.07) is 4.46. The SMILES string of the molecule is CCc1cnc(N2CCC(n3cc(Cl)c4c(Nc5ccc(C(=O)N6CC[C@@H](O)C6)cc5F)ncnc43)CC2)nc1. The quantitative estimate of drug-likeness (QED) is 0.355. The van der Waals surface area contributed by atoms with Gasteiger partial charge in [-0.05, 0) is 49.4 Å². The monoisotopic (exact) mass is 564 g/mol. The van der Waals surface area contributed by atoms with Crippen molar-refractivity contribution in [3.63, 3.8) is 0 Å². The number of benzene rings is 1. The second kappa shape index (κ2) is 11.0. The fraction of sp³-hybridized carbons (Fsp3) is 0.393. The molecule has 0 unspecified atom stereocenters. The lowest BCUT2D eigenvalue weighted by Crippen LogP contribution is -2.35. The number of piperidine rings is 1. The van der Waals surface area contributed by atoms with Crippen LogP contribution in [0, 0.1) is 5.82 Å². The minimum atomic E-state index is -0.588. The van der Waals surface area contributed by atoms with Crippen LogP contribution in [-0.2, 0) is 6.42 Å². The molecule has 40 heavy (non-hydrogen) atoms. The van der Waals surface area contributed by atoms with E-state index in [2.05, 4.69) is 41.6 Å². The lowest BCUT2D eigenvalue weighted by Gasteiger charge is -2.32. The molecule has 208 valence electrons. The zero-order chi connectivity index (χ0) is 27.8. The summed E-state index contributed by atoms with van der Waals surface area (Å²) < 4.78 is 17.2. The summed E-state index contributed by atoms with van der Waals surface area (Å²) in [4.78, 5) is 34.3. The summed E-state index contributed by atoms with van der Waals surface area (Å²) in [5, 5.41) is 13.8. The van der Waals surface area contributed by atoms with Gasteiger partial charge in [0.2, 0.25) is 5.95 Å². The fourth-order valence-electron chi connectivity index (χ4n) is 5.44. The first kappa shape index (κ1) is 26.4. The Morgan fingerprint density at radius 2 is 1.90 bits per heavy atom. The number of aromatic nitrogens is 5. The standard InChI is InChI=1S/C28H30ClFN8O2/c1-2-17-12-31-28(32-13-17)36-8-5-19(6-9-36)38-15-21(29)24-25(33-16-34-26(24)38)35-23-4-3-18(11-22(23)30)27(40)37-10-7-20(39)14-37/h3-4,11-13,15-16,19-20,39H,2,5-10,14H2,1H3,(H,33,34,35)/t20-/m1/s1. The third-order valence-electron chi connectivity index (χ3n) is 7.72. The number of aliphatic hydroxyl groups is 1. The van der Waals surface area contributed by atoms with Gasteiger partial charge in [0, 0.05) is 56.4 Å². The predicted octanol–water partition coefficient (Wildman–Crippen LogP) is 4.37. The summed E-state index contributed by atoms with van der Waals surface area (Å²) in [6.45, 7) is 4.40. The first-order chi connectivity index (χ1) is 19.4. The van der Waals surface area contributed by atoms with Crippen LogP contribution in [0.15, 0.2) is 43.1 Å². The first-order valence-corrected chi connectivity index (χ1v) is 13.9. The van der Waals surface area contributed by atoms with Gasteiger partial charge in [0.15, 0.2) is 0 Å². The highest BCUT2D eigenvalue weighted by Gasteiger charge is 2.27. The Morgan fingerprint density at radius 1 is 1.12 bits per heavy atom. The molecule has 6 rings (SSSR count). The van der Waals surface area contributed by atoms with Gasteiger partial charge in [-0.3, -0.25) is 4.79 Å². The van der Waals surface area contributed by atoms with Crippen molar-refractivity contribution >= 4 is 46.0 Å². The molecule has 4 aromatic rings. The molecule has 1 aromatic carbocycles. The maximum absolute atomic E-state index is 15.1. The number of halogens is 2. The Morgan fingerprint density at radius 3 is 2.58 bits per heavy atom. The number of hydrogen-bond acceptors (Lipinski definition) is 8. The van der Waals surface area contributed by atoms with Crippen LogP contribution < -0.4 is 10.2 Å². The summed E-state index contributed by atoms with van der Waals surface area (Å²) in [5.74, 6) is 0.237. The van der Waals surface area contributed by atoms with Crippen LogP contribution in [0.3, 0.4) is 0 Å². The van der Waals surface area contributed by atoms with E-state index in [0.29, 0.717) is 34.8 Å². The first-order valence-electron chi connectivity index (χ1n) is 13.5. The highest BCUT2D eigenvalue weighted by Crippen LogP contribution is 2.36. The Labute approximate surface area is 235 Å². The number of β-amino-alcohol motifs (C(OH)–C–C–N with tert-alkyl or cyclic N) is 1. The van der Waals surface area contributed by atoms with Crippen molar-refractivity contribution < 1.29 is 14.3 Å². The van der Waals surface area contributed by atoms with Gasteiger partial charge in [-0.25, -0.2) is 24.3 Å². The van der Waals surface area contributed by atoms with Gasteiger partial charge in [0.05, 0.1) is 22.2 Å². The van der Waals surface area contributed by atoms with Gasteiger partial charge in [-0.15, -0.1) is 0 Å². The molecule has 0 spiro atoms. The smallest absolute Gasteiger partial charge is 0.254 e. The van der Waals surface area contributed by atoms with E-state index in [-0.39, 0.29) is 29.7 Å². The molecule has 2 aliphatic heterocycles. The number of nitrogens with one attached hydrogen (secondary N) is 1. The third kappa shape index (κ3) is 5.06. The molecule has 2 saturated heterocycles.